The second kappa shape index (κ2) is 8.13. The Morgan fingerprint density at radius 1 is 1.17 bits per heavy atom. The highest BCUT2D eigenvalue weighted by Crippen LogP contribution is 2.30. The van der Waals surface area contributed by atoms with Crippen LogP contribution in [0.25, 0.3) is 5.69 Å². The fraction of sp³-hybridized carbons (Fsp3) is 0.227. The summed E-state index contributed by atoms with van der Waals surface area (Å²) in [6.07, 6.45) is 3.62. The molecule has 29 heavy (non-hydrogen) atoms. The number of thioether (sulfide) groups is 1. The summed E-state index contributed by atoms with van der Waals surface area (Å²) >= 11 is 1.37. The molecule has 0 aliphatic carbocycles. The summed E-state index contributed by atoms with van der Waals surface area (Å²) in [5.74, 6) is 0.363. The van der Waals surface area contributed by atoms with Crippen molar-refractivity contribution in [3.63, 3.8) is 0 Å². The van der Waals surface area contributed by atoms with Gasteiger partial charge in [-0.25, -0.2) is 4.98 Å². The maximum absolute atomic E-state index is 12.9. The third-order valence-corrected chi connectivity index (χ3v) is 5.79. The number of fused-ring (bicyclic) bond motifs is 1. The summed E-state index contributed by atoms with van der Waals surface area (Å²) in [6.45, 7) is 4.36. The van der Waals surface area contributed by atoms with Crippen LogP contribution >= 0.6 is 11.8 Å². The van der Waals surface area contributed by atoms with E-state index in [9.17, 15) is 9.59 Å². The number of hydrogen-bond donors (Lipinski definition) is 1. The second-order valence-electron chi connectivity index (χ2n) is 7.16. The number of nitrogens with zero attached hydrogens (tertiary/aromatic N) is 3. The molecule has 0 unspecified atom stereocenters. The number of carbonyl (C=O) groups is 2. The molecular weight excluding hydrogens is 384 g/mol. The fourth-order valence-corrected chi connectivity index (χ4v) is 4.12. The molecular formula is C22H22N4O2S. The molecule has 2 aromatic carbocycles. The van der Waals surface area contributed by atoms with Gasteiger partial charge in [0.25, 0.3) is 0 Å². The summed E-state index contributed by atoms with van der Waals surface area (Å²) in [5, 5.41) is 3.54. The highest BCUT2D eigenvalue weighted by atomic mass is 32.2. The van der Waals surface area contributed by atoms with Crippen molar-refractivity contribution in [2.75, 3.05) is 22.5 Å². The van der Waals surface area contributed by atoms with E-state index in [0.29, 0.717) is 11.6 Å². The maximum atomic E-state index is 12.9. The van der Waals surface area contributed by atoms with Crippen molar-refractivity contribution in [1.29, 1.82) is 0 Å². The van der Waals surface area contributed by atoms with Crippen LogP contribution in [0.1, 0.15) is 25.3 Å². The minimum absolute atomic E-state index is 0.0293. The molecule has 0 atom stereocenters. The highest BCUT2D eigenvalue weighted by molar-refractivity contribution is 7.99. The zero-order chi connectivity index (χ0) is 20.4. The van der Waals surface area contributed by atoms with Crippen LogP contribution in [-0.2, 0) is 9.59 Å². The second-order valence-corrected chi connectivity index (χ2v) is 8.10. The molecule has 1 aliphatic rings. The summed E-state index contributed by atoms with van der Waals surface area (Å²) in [4.78, 5) is 30.8. The van der Waals surface area contributed by atoms with Crippen molar-refractivity contribution in [2.24, 2.45) is 0 Å². The van der Waals surface area contributed by atoms with Crippen LogP contribution in [-0.4, -0.2) is 33.7 Å². The summed E-state index contributed by atoms with van der Waals surface area (Å²) in [6, 6.07) is 15.7. The molecule has 148 valence electrons. The molecule has 0 radical (unpaired) electrons. The number of para-hydroxylation sites is 2. The van der Waals surface area contributed by atoms with Crippen LogP contribution in [0.3, 0.4) is 0 Å². The van der Waals surface area contributed by atoms with E-state index in [1.807, 2.05) is 29.0 Å². The Labute approximate surface area is 173 Å². The molecule has 1 aromatic heterocycles. The van der Waals surface area contributed by atoms with Gasteiger partial charge in [0.15, 0.2) is 5.16 Å². The maximum Gasteiger partial charge on any atom is 0.244 e. The Balaban J connectivity index is 1.49. The Morgan fingerprint density at radius 3 is 2.69 bits per heavy atom. The van der Waals surface area contributed by atoms with Crippen LogP contribution < -0.4 is 10.2 Å². The molecule has 0 saturated carbocycles. The van der Waals surface area contributed by atoms with Crippen molar-refractivity contribution >= 4 is 35.0 Å². The van der Waals surface area contributed by atoms with Crippen LogP contribution in [0, 0.1) is 0 Å². The number of carbonyl (C=O) groups excluding carboxylic acids is 2. The van der Waals surface area contributed by atoms with E-state index < -0.39 is 0 Å². The smallest absolute Gasteiger partial charge is 0.244 e. The first-order chi connectivity index (χ1) is 14.0. The molecule has 0 saturated heterocycles. The average molecular weight is 407 g/mol. The predicted molar refractivity (Wildman–Crippen MR) is 116 cm³/mol. The topological polar surface area (TPSA) is 67.2 Å². The van der Waals surface area contributed by atoms with Crippen molar-refractivity contribution in [2.45, 2.75) is 24.9 Å². The lowest BCUT2D eigenvalue weighted by atomic mass is 10.0. The van der Waals surface area contributed by atoms with Gasteiger partial charge in [-0.05, 0) is 35.7 Å². The zero-order valence-electron chi connectivity index (χ0n) is 16.3. The van der Waals surface area contributed by atoms with Gasteiger partial charge in [0.05, 0.1) is 17.1 Å². The van der Waals surface area contributed by atoms with Crippen molar-refractivity contribution in [3.8, 4) is 5.69 Å². The molecule has 0 bridgehead atoms. The molecule has 0 spiro atoms. The number of rotatable bonds is 5. The number of imidazole rings is 1. The van der Waals surface area contributed by atoms with Crippen LogP contribution in [0.5, 0.6) is 0 Å². The van der Waals surface area contributed by atoms with Crippen LogP contribution in [0.2, 0.25) is 0 Å². The predicted octanol–water partition coefficient (Wildman–Crippen LogP) is 4.07. The van der Waals surface area contributed by atoms with E-state index in [2.05, 4.69) is 48.4 Å². The van der Waals surface area contributed by atoms with E-state index in [-0.39, 0.29) is 24.1 Å². The van der Waals surface area contributed by atoms with E-state index in [1.165, 1.54) is 22.2 Å². The number of hydrogen-bond acceptors (Lipinski definition) is 4. The molecule has 3 aromatic rings. The summed E-state index contributed by atoms with van der Waals surface area (Å²) in [7, 11) is 0. The molecule has 2 amide bonds. The first kappa shape index (κ1) is 19.3. The lowest BCUT2D eigenvalue weighted by Crippen LogP contribution is -2.43. The van der Waals surface area contributed by atoms with Gasteiger partial charge < -0.3 is 10.2 Å². The van der Waals surface area contributed by atoms with Gasteiger partial charge in [0.2, 0.25) is 11.8 Å². The standard InChI is InChI=1S/C22H22N4O2S/c1-15(2)16-7-9-17(10-8-16)25-12-11-23-22(25)29-14-21(28)26-13-20(27)24-18-5-3-4-6-19(18)26/h3-12,15H,13-14H2,1-2H3,(H,24,27). The quantitative estimate of drug-likeness (QED) is 0.649. The zero-order valence-corrected chi connectivity index (χ0v) is 17.1. The summed E-state index contributed by atoms with van der Waals surface area (Å²) in [5.41, 5.74) is 3.67. The SMILES string of the molecule is CC(C)c1ccc(-n2ccnc2SCC(=O)N2CC(=O)Nc3ccccc32)cc1. The van der Waals surface area contributed by atoms with E-state index in [0.717, 1.165) is 16.5 Å². The number of anilines is 2. The fourth-order valence-electron chi connectivity index (χ4n) is 3.27. The molecule has 1 aliphatic heterocycles. The number of nitrogens with one attached hydrogen (secondary N) is 1. The van der Waals surface area contributed by atoms with Gasteiger partial charge in [-0.15, -0.1) is 0 Å². The minimum Gasteiger partial charge on any atom is -0.323 e. The molecule has 4 rings (SSSR count). The minimum atomic E-state index is -0.186. The van der Waals surface area contributed by atoms with Gasteiger partial charge in [-0.1, -0.05) is 49.9 Å². The highest BCUT2D eigenvalue weighted by Gasteiger charge is 2.26. The van der Waals surface area contributed by atoms with Crippen molar-refractivity contribution in [1.82, 2.24) is 9.55 Å². The van der Waals surface area contributed by atoms with E-state index in [1.54, 1.807) is 12.3 Å². The Morgan fingerprint density at radius 2 is 1.93 bits per heavy atom. The molecule has 2 heterocycles. The number of aromatic nitrogens is 2. The van der Waals surface area contributed by atoms with Gasteiger partial charge in [-0.2, -0.15) is 0 Å². The first-order valence-corrected chi connectivity index (χ1v) is 10.5. The Bertz CT molecular complexity index is 1040. The number of amides is 2. The van der Waals surface area contributed by atoms with Crippen molar-refractivity contribution in [3.05, 3.63) is 66.5 Å². The molecule has 1 N–H and O–H groups in total. The van der Waals surface area contributed by atoms with Crippen LogP contribution in [0.15, 0.2) is 66.1 Å². The van der Waals surface area contributed by atoms with Gasteiger partial charge in [0, 0.05) is 18.1 Å². The van der Waals surface area contributed by atoms with Crippen LogP contribution in [0.4, 0.5) is 11.4 Å². The van der Waals surface area contributed by atoms with Gasteiger partial charge in [0.1, 0.15) is 6.54 Å². The van der Waals surface area contributed by atoms with Crippen molar-refractivity contribution < 1.29 is 9.59 Å². The Hall–Kier alpha value is -3.06. The lowest BCUT2D eigenvalue weighted by molar-refractivity contribution is -0.120. The molecule has 0 fully saturated rings. The van der Waals surface area contributed by atoms with E-state index >= 15 is 0 Å². The third-order valence-electron chi connectivity index (χ3n) is 4.84. The molecule has 7 heteroatoms. The van der Waals surface area contributed by atoms with E-state index in [4.69, 9.17) is 0 Å². The Kier molecular flexibility index (Phi) is 5.40. The van der Waals surface area contributed by atoms with Gasteiger partial charge >= 0.3 is 0 Å². The lowest BCUT2D eigenvalue weighted by Gasteiger charge is -2.29. The molecule has 6 nitrogen and oxygen atoms in total. The summed E-state index contributed by atoms with van der Waals surface area (Å²) < 4.78 is 1.97. The largest absolute Gasteiger partial charge is 0.323 e. The third kappa shape index (κ3) is 4.05. The average Bonchev–Trinajstić information content (AvgIpc) is 3.20. The first-order valence-electron chi connectivity index (χ1n) is 9.48. The normalized spacial score (nSPS) is 13.3. The monoisotopic (exact) mass is 406 g/mol. The number of benzene rings is 2. The van der Waals surface area contributed by atoms with Gasteiger partial charge in [-0.3, -0.25) is 14.2 Å².